The first-order valence-corrected chi connectivity index (χ1v) is 10.4. The van der Waals surface area contributed by atoms with Crippen LogP contribution in [0.1, 0.15) is 25.3 Å². The Morgan fingerprint density at radius 1 is 1.08 bits per heavy atom. The van der Waals surface area contributed by atoms with Crippen LogP contribution >= 0.6 is 23.2 Å². The fourth-order valence-corrected chi connectivity index (χ4v) is 3.37. The van der Waals surface area contributed by atoms with Gasteiger partial charge >= 0.3 is 18.5 Å². The van der Waals surface area contributed by atoms with Gasteiger partial charge in [0.2, 0.25) is 11.7 Å². The molecule has 0 bridgehead atoms. The van der Waals surface area contributed by atoms with Gasteiger partial charge in [-0.25, -0.2) is 15.4 Å². The molecular weight excluding hydrogens is 570 g/mol. The Hall–Kier alpha value is -3.03. The van der Waals surface area contributed by atoms with Gasteiger partial charge in [-0.15, -0.1) is 0 Å². The minimum Gasteiger partial charge on any atom is -0.311 e. The molecule has 1 atom stereocenters. The van der Waals surface area contributed by atoms with Gasteiger partial charge < -0.3 is 5.32 Å². The maximum atomic E-state index is 13.7. The molecule has 1 aromatic carbocycles. The van der Waals surface area contributed by atoms with Gasteiger partial charge in [-0.1, -0.05) is 23.2 Å². The number of benzene rings is 1. The molecule has 0 aliphatic carbocycles. The molecule has 1 aliphatic heterocycles. The zero-order chi connectivity index (χ0) is 28.3. The SMILES string of the molecule is CC1\N=C(C(F)(F)F)/N=C(C(F)(F)F)/C=C(\NC(=O)CCC#N)N(c2c(Cl)cc(C(F)(F)F)cc2Cl)N1. The second-order valence-electron chi connectivity index (χ2n) is 7.11. The van der Waals surface area contributed by atoms with E-state index >= 15 is 0 Å². The molecule has 7 nitrogen and oxygen atoms in total. The van der Waals surface area contributed by atoms with Gasteiger partial charge in [0.05, 0.1) is 27.4 Å². The van der Waals surface area contributed by atoms with Gasteiger partial charge in [0.25, 0.3) is 0 Å². The second kappa shape index (κ2) is 11.2. The number of alkyl halides is 9. The van der Waals surface area contributed by atoms with Crippen molar-refractivity contribution >= 4 is 46.3 Å². The summed E-state index contributed by atoms with van der Waals surface area (Å²) in [5, 5.41) is 9.42. The van der Waals surface area contributed by atoms with E-state index in [4.69, 9.17) is 28.5 Å². The second-order valence-corrected chi connectivity index (χ2v) is 7.92. The number of amides is 1. The summed E-state index contributed by atoms with van der Waals surface area (Å²) >= 11 is 11.9. The van der Waals surface area contributed by atoms with Crippen LogP contribution in [0.2, 0.25) is 10.0 Å². The number of hydrazine groups is 1. The predicted molar refractivity (Wildman–Crippen MR) is 115 cm³/mol. The van der Waals surface area contributed by atoms with Crippen LogP contribution < -0.4 is 15.8 Å². The molecule has 37 heavy (non-hydrogen) atoms. The third-order valence-corrected chi connectivity index (χ3v) is 4.79. The highest BCUT2D eigenvalue weighted by Crippen LogP contribution is 2.41. The largest absolute Gasteiger partial charge is 0.451 e. The van der Waals surface area contributed by atoms with Crippen LogP contribution in [-0.4, -0.2) is 36.0 Å². The lowest BCUT2D eigenvalue weighted by Crippen LogP contribution is -2.48. The number of nitrogens with one attached hydrogen (secondary N) is 2. The number of allylic oxidation sites excluding steroid dienone is 1. The van der Waals surface area contributed by atoms with E-state index in [1.807, 2.05) is 5.32 Å². The Balaban J connectivity index is 2.85. The smallest absolute Gasteiger partial charge is 0.311 e. The molecule has 2 rings (SSSR count). The van der Waals surface area contributed by atoms with Crippen molar-refractivity contribution in [3.8, 4) is 6.07 Å². The summed E-state index contributed by atoms with van der Waals surface area (Å²) in [5.41, 5.74) is -1.98. The third-order valence-electron chi connectivity index (χ3n) is 4.22. The first-order valence-electron chi connectivity index (χ1n) is 9.66. The van der Waals surface area contributed by atoms with Gasteiger partial charge in [-0.05, 0) is 19.1 Å². The standard InChI is InChI=1S/C19H13Cl2F9N6O/c1-8-32-16(19(28,29)30)33-12(18(25,26)27)7-13(34-14(37)3-2-4-31)36(35-8)15-10(20)5-9(6-11(15)21)17(22,23)24/h5-8,35H,2-3H2,1H3,(H,34,37)/b13-7+,32-16-,33-12-. The van der Waals surface area contributed by atoms with E-state index in [2.05, 4.69) is 15.4 Å². The number of hydrogen-bond acceptors (Lipinski definition) is 6. The van der Waals surface area contributed by atoms with Crippen LogP contribution in [0.3, 0.4) is 0 Å². The Labute approximate surface area is 212 Å². The van der Waals surface area contributed by atoms with E-state index < -0.39 is 82.1 Å². The Morgan fingerprint density at radius 3 is 2.11 bits per heavy atom. The molecule has 0 radical (unpaired) electrons. The molecule has 18 heteroatoms. The van der Waals surface area contributed by atoms with Gasteiger partial charge in [0.15, 0.2) is 5.71 Å². The summed E-state index contributed by atoms with van der Waals surface area (Å²) in [5.74, 6) is -4.25. The lowest BCUT2D eigenvalue weighted by atomic mass is 10.2. The number of carbonyl (C=O) groups excluding carboxylic acids is 1. The fraction of sp³-hybridized carbons (Fsp3) is 0.368. The number of halogens is 11. The Morgan fingerprint density at radius 2 is 1.65 bits per heavy atom. The fourth-order valence-electron chi connectivity index (χ4n) is 2.71. The predicted octanol–water partition coefficient (Wildman–Crippen LogP) is 5.91. The molecule has 1 unspecified atom stereocenters. The zero-order valence-corrected chi connectivity index (χ0v) is 19.6. The number of aliphatic imine (C=N–C) groups is 2. The van der Waals surface area contributed by atoms with Gasteiger partial charge in [0, 0.05) is 18.9 Å². The highest BCUT2D eigenvalue weighted by atomic mass is 35.5. The maximum absolute atomic E-state index is 13.7. The van der Waals surface area contributed by atoms with Crippen molar-refractivity contribution in [1.29, 1.82) is 5.26 Å². The molecule has 1 amide bonds. The lowest BCUT2D eigenvalue weighted by Gasteiger charge is -2.31. The number of carbonyl (C=O) groups is 1. The van der Waals surface area contributed by atoms with Gasteiger partial charge in [0.1, 0.15) is 12.0 Å². The summed E-state index contributed by atoms with van der Waals surface area (Å²) in [6.45, 7) is 0.938. The number of rotatable bonds is 4. The lowest BCUT2D eigenvalue weighted by molar-refractivity contribution is -0.137. The van der Waals surface area contributed by atoms with Crippen molar-refractivity contribution in [2.24, 2.45) is 9.98 Å². The van der Waals surface area contributed by atoms with Gasteiger partial charge in [-0.3, -0.25) is 9.80 Å². The summed E-state index contributed by atoms with van der Waals surface area (Å²) in [6, 6.07) is 2.33. The number of anilines is 1. The minimum absolute atomic E-state index is 0.0269. The number of amidine groups is 1. The average Bonchev–Trinajstić information content (AvgIpc) is 2.79. The van der Waals surface area contributed by atoms with Crippen molar-refractivity contribution in [2.45, 2.75) is 44.5 Å². The topological polar surface area (TPSA) is 92.9 Å². The van der Waals surface area contributed by atoms with E-state index in [1.54, 1.807) is 6.07 Å². The average molecular weight is 583 g/mol. The summed E-state index contributed by atoms with van der Waals surface area (Å²) in [7, 11) is 0. The number of nitrogens with zero attached hydrogens (tertiary/aromatic N) is 4. The third kappa shape index (κ3) is 7.98. The molecule has 0 fully saturated rings. The number of nitriles is 1. The summed E-state index contributed by atoms with van der Waals surface area (Å²) in [6.07, 6.45) is -18.6. The molecule has 1 aromatic rings. The highest BCUT2D eigenvalue weighted by Gasteiger charge is 2.43. The Bertz CT molecular complexity index is 1160. The Kier molecular flexibility index (Phi) is 9.10. The molecular formula is C19H13Cl2F9N6O. The molecule has 0 aromatic heterocycles. The van der Waals surface area contributed by atoms with Crippen LogP contribution in [-0.2, 0) is 11.0 Å². The molecule has 1 aliphatic rings. The van der Waals surface area contributed by atoms with E-state index in [1.165, 1.54) is 0 Å². The van der Waals surface area contributed by atoms with Crippen molar-refractivity contribution in [1.82, 2.24) is 10.7 Å². The minimum atomic E-state index is -5.53. The summed E-state index contributed by atoms with van der Waals surface area (Å²) in [4.78, 5) is 17.9. The van der Waals surface area contributed by atoms with E-state index in [0.717, 1.165) is 6.92 Å². The molecule has 1 heterocycles. The van der Waals surface area contributed by atoms with Gasteiger partial charge in [-0.2, -0.15) is 44.8 Å². The van der Waals surface area contributed by atoms with Crippen LogP contribution in [0.4, 0.5) is 45.2 Å². The molecule has 0 saturated heterocycles. The first-order chi connectivity index (χ1) is 16.8. The molecule has 0 spiro atoms. The molecule has 0 saturated carbocycles. The van der Waals surface area contributed by atoms with Crippen molar-refractivity contribution in [3.63, 3.8) is 0 Å². The normalized spacial score (nSPS) is 21.8. The van der Waals surface area contributed by atoms with Crippen LogP contribution in [0.5, 0.6) is 0 Å². The monoisotopic (exact) mass is 582 g/mol. The van der Waals surface area contributed by atoms with Crippen LogP contribution in [0, 0.1) is 11.3 Å². The highest BCUT2D eigenvalue weighted by molar-refractivity contribution is 6.39. The van der Waals surface area contributed by atoms with E-state index in [0.29, 0.717) is 17.1 Å². The summed E-state index contributed by atoms with van der Waals surface area (Å²) < 4.78 is 121. The molecule has 202 valence electrons. The van der Waals surface area contributed by atoms with Crippen molar-refractivity contribution in [2.75, 3.05) is 5.01 Å². The first kappa shape index (κ1) is 30.2. The van der Waals surface area contributed by atoms with Crippen molar-refractivity contribution in [3.05, 3.63) is 39.6 Å². The van der Waals surface area contributed by atoms with Crippen LogP contribution in [0.25, 0.3) is 0 Å². The van der Waals surface area contributed by atoms with Crippen molar-refractivity contribution < 1.29 is 44.3 Å². The maximum Gasteiger partial charge on any atom is 0.451 e. The number of hydrogen-bond donors (Lipinski definition) is 2. The molecule has 2 N–H and O–H groups in total. The quantitative estimate of drug-likeness (QED) is 0.432. The van der Waals surface area contributed by atoms with E-state index in [9.17, 15) is 44.3 Å². The zero-order valence-electron chi connectivity index (χ0n) is 18.1. The van der Waals surface area contributed by atoms with E-state index in [-0.39, 0.29) is 6.08 Å². The van der Waals surface area contributed by atoms with Crippen LogP contribution in [0.15, 0.2) is 34.0 Å².